The van der Waals surface area contributed by atoms with Gasteiger partial charge >= 0.3 is 0 Å². The van der Waals surface area contributed by atoms with E-state index in [0.717, 1.165) is 0 Å². The summed E-state index contributed by atoms with van der Waals surface area (Å²) in [6.07, 6.45) is 0.322. The molecule has 0 aromatic heterocycles. The number of hydrogen-bond acceptors (Lipinski definition) is 2. The van der Waals surface area contributed by atoms with Gasteiger partial charge in [-0.15, -0.1) is 12.6 Å². The van der Waals surface area contributed by atoms with Crippen molar-refractivity contribution in [1.29, 1.82) is 0 Å². The van der Waals surface area contributed by atoms with Gasteiger partial charge < -0.3 is 0 Å². The summed E-state index contributed by atoms with van der Waals surface area (Å²) < 4.78 is 13.0. The molecule has 0 radical (unpaired) electrons. The summed E-state index contributed by atoms with van der Waals surface area (Å²) in [5, 5.41) is 0. The van der Waals surface area contributed by atoms with Gasteiger partial charge in [-0.3, -0.25) is 4.79 Å². The van der Waals surface area contributed by atoms with Crippen LogP contribution in [-0.2, 0) is 0 Å². The van der Waals surface area contributed by atoms with E-state index < -0.39 is 5.82 Å². The molecule has 3 heteroatoms. The van der Waals surface area contributed by atoms with Crippen LogP contribution in [0.1, 0.15) is 23.7 Å². The van der Waals surface area contributed by atoms with Crippen molar-refractivity contribution in [2.24, 2.45) is 0 Å². The molecule has 1 nitrogen and oxygen atoms in total. The molecule has 1 rings (SSSR count). The van der Waals surface area contributed by atoms with Gasteiger partial charge in [-0.25, -0.2) is 4.39 Å². The lowest BCUT2D eigenvalue weighted by Crippen LogP contribution is -1.99. The first kappa shape index (κ1) is 9.26. The van der Waals surface area contributed by atoms with E-state index >= 15 is 0 Å². The first-order chi connectivity index (χ1) is 5.65. The van der Waals surface area contributed by atoms with Crippen LogP contribution in [0.3, 0.4) is 0 Å². The SMILES string of the molecule is CCC(=O)c1ccc(S)cc1F. The van der Waals surface area contributed by atoms with Gasteiger partial charge in [-0.1, -0.05) is 6.92 Å². The number of thiol groups is 1. The van der Waals surface area contributed by atoms with Gasteiger partial charge in [0.05, 0.1) is 5.56 Å². The first-order valence-electron chi connectivity index (χ1n) is 3.67. The zero-order valence-corrected chi connectivity index (χ0v) is 7.57. The number of ketones is 1. The highest BCUT2D eigenvalue weighted by atomic mass is 32.1. The summed E-state index contributed by atoms with van der Waals surface area (Å²) >= 11 is 3.95. The lowest BCUT2D eigenvalue weighted by Gasteiger charge is -1.99. The van der Waals surface area contributed by atoms with E-state index in [-0.39, 0.29) is 11.3 Å². The second-order valence-corrected chi connectivity index (χ2v) is 2.96. The Labute approximate surface area is 76.0 Å². The van der Waals surface area contributed by atoms with Crippen LogP contribution < -0.4 is 0 Å². The van der Waals surface area contributed by atoms with Crippen molar-refractivity contribution in [2.75, 3.05) is 0 Å². The number of halogens is 1. The van der Waals surface area contributed by atoms with Crippen molar-refractivity contribution in [3.05, 3.63) is 29.6 Å². The Balaban J connectivity index is 3.09. The quantitative estimate of drug-likeness (QED) is 0.552. The van der Waals surface area contributed by atoms with Crippen LogP contribution in [0.15, 0.2) is 23.1 Å². The van der Waals surface area contributed by atoms with E-state index in [1.165, 1.54) is 12.1 Å². The average molecular weight is 184 g/mol. The maximum Gasteiger partial charge on any atom is 0.165 e. The summed E-state index contributed by atoms with van der Waals surface area (Å²) in [7, 11) is 0. The molecule has 0 unspecified atom stereocenters. The maximum atomic E-state index is 13.0. The Bertz CT molecular complexity index is 309. The van der Waals surface area contributed by atoms with Crippen LogP contribution >= 0.6 is 12.6 Å². The van der Waals surface area contributed by atoms with E-state index in [4.69, 9.17) is 0 Å². The molecule has 1 aromatic carbocycles. The minimum atomic E-state index is -0.491. The summed E-state index contributed by atoms with van der Waals surface area (Å²) in [4.78, 5) is 11.6. The third-order valence-corrected chi connectivity index (χ3v) is 1.85. The van der Waals surface area contributed by atoms with E-state index in [1.807, 2.05) is 0 Å². The molecule has 0 bridgehead atoms. The highest BCUT2D eigenvalue weighted by Crippen LogP contribution is 2.14. The van der Waals surface area contributed by atoms with Gasteiger partial charge in [0.1, 0.15) is 5.82 Å². The fraction of sp³-hybridized carbons (Fsp3) is 0.222. The molecule has 0 aliphatic heterocycles. The van der Waals surface area contributed by atoms with Crippen molar-refractivity contribution in [2.45, 2.75) is 18.2 Å². The summed E-state index contributed by atoms with van der Waals surface area (Å²) in [6, 6.07) is 4.31. The molecule has 0 heterocycles. The maximum absolute atomic E-state index is 13.0. The normalized spacial score (nSPS) is 9.92. The second kappa shape index (κ2) is 3.72. The molecule has 0 saturated heterocycles. The largest absolute Gasteiger partial charge is 0.294 e. The fourth-order valence-corrected chi connectivity index (χ4v) is 1.11. The van der Waals surface area contributed by atoms with E-state index in [2.05, 4.69) is 12.6 Å². The van der Waals surface area contributed by atoms with Crippen molar-refractivity contribution in [3.8, 4) is 0 Å². The molecule has 0 aliphatic rings. The molecule has 12 heavy (non-hydrogen) atoms. The third kappa shape index (κ3) is 1.85. The molecule has 0 spiro atoms. The second-order valence-electron chi connectivity index (χ2n) is 2.44. The van der Waals surface area contributed by atoms with Gasteiger partial charge in [-0.05, 0) is 18.2 Å². The van der Waals surface area contributed by atoms with Crippen LogP contribution in [-0.4, -0.2) is 5.78 Å². The zero-order valence-electron chi connectivity index (χ0n) is 6.67. The monoisotopic (exact) mass is 184 g/mol. The van der Waals surface area contributed by atoms with E-state index in [9.17, 15) is 9.18 Å². The molecule has 0 fully saturated rings. The van der Waals surface area contributed by atoms with Gasteiger partial charge in [-0.2, -0.15) is 0 Å². The van der Waals surface area contributed by atoms with Crippen LogP contribution in [0.4, 0.5) is 4.39 Å². The van der Waals surface area contributed by atoms with Crippen LogP contribution in [0, 0.1) is 5.82 Å². The van der Waals surface area contributed by atoms with Crippen molar-refractivity contribution >= 4 is 18.4 Å². The Hall–Kier alpha value is -0.830. The summed E-state index contributed by atoms with van der Waals surface area (Å²) in [5.41, 5.74) is 0.148. The lowest BCUT2D eigenvalue weighted by atomic mass is 10.1. The topological polar surface area (TPSA) is 17.1 Å². The third-order valence-electron chi connectivity index (χ3n) is 1.57. The van der Waals surface area contributed by atoms with Gasteiger partial charge in [0.25, 0.3) is 0 Å². The molecule has 0 atom stereocenters. The fourth-order valence-electron chi connectivity index (χ4n) is 0.921. The van der Waals surface area contributed by atoms with Gasteiger partial charge in [0.2, 0.25) is 0 Å². The molecular formula is C9H9FOS. The summed E-state index contributed by atoms with van der Waals surface area (Å²) in [5.74, 6) is -0.671. The first-order valence-corrected chi connectivity index (χ1v) is 4.11. The minimum absolute atomic E-state index is 0.148. The number of carbonyl (C=O) groups excluding carboxylic acids is 1. The molecule has 64 valence electrons. The van der Waals surface area contributed by atoms with Crippen LogP contribution in [0.25, 0.3) is 0 Å². The molecule has 0 amide bonds. The predicted molar refractivity (Wildman–Crippen MR) is 48.3 cm³/mol. The van der Waals surface area contributed by atoms with E-state index in [0.29, 0.717) is 11.3 Å². The van der Waals surface area contributed by atoms with Crippen molar-refractivity contribution < 1.29 is 9.18 Å². The lowest BCUT2D eigenvalue weighted by molar-refractivity contribution is 0.0984. The molecule has 0 N–H and O–H groups in total. The van der Waals surface area contributed by atoms with E-state index in [1.54, 1.807) is 13.0 Å². The van der Waals surface area contributed by atoms with Crippen molar-refractivity contribution in [1.82, 2.24) is 0 Å². The molecular weight excluding hydrogens is 175 g/mol. The Morgan fingerprint density at radius 3 is 2.75 bits per heavy atom. The highest BCUT2D eigenvalue weighted by molar-refractivity contribution is 7.80. The van der Waals surface area contributed by atoms with Gasteiger partial charge in [0, 0.05) is 11.3 Å². The van der Waals surface area contributed by atoms with Crippen molar-refractivity contribution in [3.63, 3.8) is 0 Å². The summed E-state index contributed by atoms with van der Waals surface area (Å²) in [6.45, 7) is 1.70. The molecule has 0 saturated carbocycles. The van der Waals surface area contributed by atoms with Gasteiger partial charge in [0.15, 0.2) is 5.78 Å². The Morgan fingerprint density at radius 1 is 1.58 bits per heavy atom. The number of hydrogen-bond donors (Lipinski definition) is 1. The highest BCUT2D eigenvalue weighted by Gasteiger charge is 2.08. The minimum Gasteiger partial charge on any atom is -0.294 e. The molecule has 0 aliphatic carbocycles. The number of rotatable bonds is 2. The van der Waals surface area contributed by atoms with Crippen LogP contribution in [0.2, 0.25) is 0 Å². The predicted octanol–water partition coefficient (Wildman–Crippen LogP) is 2.71. The Kier molecular flexibility index (Phi) is 2.87. The number of Topliss-reactive ketones (excluding diaryl/α,β-unsaturated/α-hetero) is 1. The number of carbonyl (C=O) groups is 1. The zero-order chi connectivity index (χ0) is 9.14. The average Bonchev–Trinajstić information content (AvgIpc) is 2.03. The number of benzene rings is 1. The smallest absolute Gasteiger partial charge is 0.165 e. The molecule has 1 aromatic rings. The van der Waals surface area contributed by atoms with Crippen LogP contribution in [0.5, 0.6) is 0 Å². The standard InChI is InChI=1S/C9H9FOS/c1-2-9(11)7-4-3-6(12)5-8(7)10/h3-5,12H,2H2,1H3. The Morgan fingerprint density at radius 2 is 2.25 bits per heavy atom.